The zero-order valence-electron chi connectivity index (χ0n) is 9.10. The highest BCUT2D eigenvalue weighted by atomic mass is 32.2. The highest BCUT2D eigenvalue weighted by Crippen LogP contribution is 2.26. The number of ether oxygens (including phenoxy) is 1. The summed E-state index contributed by atoms with van der Waals surface area (Å²) >= 11 is 0. The molecule has 0 saturated heterocycles. The summed E-state index contributed by atoms with van der Waals surface area (Å²) in [7, 11) is -0.0843. The summed E-state index contributed by atoms with van der Waals surface area (Å²) in [6, 6.07) is 4.73. The van der Waals surface area contributed by atoms with E-state index in [0.29, 0.717) is 16.3 Å². The molecule has 1 aromatic carbocycles. The zero-order valence-corrected chi connectivity index (χ0v) is 9.91. The first kappa shape index (κ1) is 12.5. The number of amides is 1. The number of carbonyl (C=O) groups excluding carboxylic acids is 1. The molecular formula is C10H14N2O3S. The third kappa shape index (κ3) is 2.52. The smallest absolute Gasteiger partial charge is 0.233 e. The average Bonchev–Trinajstić information content (AvgIpc) is 2.26. The van der Waals surface area contributed by atoms with E-state index in [-0.39, 0.29) is 0 Å². The van der Waals surface area contributed by atoms with Crippen LogP contribution in [0.1, 0.15) is 6.92 Å². The van der Waals surface area contributed by atoms with E-state index in [1.807, 2.05) is 0 Å². The van der Waals surface area contributed by atoms with Crippen molar-refractivity contribution in [3.63, 3.8) is 0 Å². The first-order valence-electron chi connectivity index (χ1n) is 4.60. The number of rotatable bonds is 4. The molecule has 0 aliphatic rings. The first-order chi connectivity index (χ1) is 7.47. The Bertz CT molecular complexity index is 434. The quantitative estimate of drug-likeness (QED) is 0.740. The minimum Gasteiger partial charge on any atom is -0.495 e. The molecule has 5 nitrogen and oxygen atoms in total. The normalized spacial score (nSPS) is 14.1. The van der Waals surface area contributed by atoms with E-state index in [2.05, 4.69) is 0 Å². The van der Waals surface area contributed by atoms with Crippen molar-refractivity contribution in [1.82, 2.24) is 0 Å². The van der Waals surface area contributed by atoms with Gasteiger partial charge in [-0.3, -0.25) is 9.00 Å². The lowest BCUT2D eigenvalue weighted by Crippen LogP contribution is -2.29. The Labute approximate surface area is 96.2 Å². The number of primary amides is 1. The van der Waals surface area contributed by atoms with Crippen LogP contribution in [-0.2, 0) is 15.6 Å². The predicted molar refractivity (Wildman–Crippen MR) is 62.5 cm³/mol. The fraction of sp³-hybridized carbons (Fsp3) is 0.300. The zero-order chi connectivity index (χ0) is 12.3. The number of nitrogen functional groups attached to an aromatic ring is 1. The Hall–Kier alpha value is -1.56. The Morgan fingerprint density at radius 1 is 1.50 bits per heavy atom. The van der Waals surface area contributed by atoms with Gasteiger partial charge in [0, 0.05) is 11.8 Å². The van der Waals surface area contributed by atoms with Gasteiger partial charge in [0.25, 0.3) is 0 Å². The van der Waals surface area contributed by atoms with Crippen LogP contribution in [0.25, 0.3) is 0 Å². The standard InChI is InChI=1S/C10H14N2O3S/c1-6(10(12)13)16(14)9-4-3-7(11)5-8(9)15-2/h3-6H,11H2,1-2H3,(H2,12,13). The van der Waals surface area contributed by atoms with Crippen molar-refractivity contribution in [3.8, 4) is 5.75 Å². The minimum atomic E-state index is -1.53. The summed E-state index contributed by atoms with van der Waals surface area (Å²) in [5.41, 5.74) is 11.2. The van der Waals surface area contributed by atoms with Gasteiger partial charge in [0.1, 0.15) is 11.0 Å². The van der Waals surface area contributed by atoms with Crippen LogP contribution in [0.15, 0.2) is 23.1 Å². The molecule has 0 aliphatic carbocycles. The molecule has 6 heteroatoms. The summed E-state index contributed by atoms with van der Waals surface area (Å²) in [6.45, 7) is 1.51. The van der Waals surface area contributed by atoms with E-state index in [4.69, 9.17) is 16.2 Å². The van der Waals surface area contributed by atoms with Gasteiger partial charge in [-0.05, 0) is 19.1 Å². The first-order valence-corrected chi connectivity index (χ1v) is 5.82. The van der Waals surface area contributed by atoms with Crippen LogP contribution in [0, 0.1) is 0 Å². The molecule has 1 aromatic rings. The van der Waals surface area contributed by atoms with E-state index in [0.717, 1.165) is 0 Å². The van der Waals surface area contributed by atoms with Crippen molar-refractivity contribution in [2.45, 2.75) is 17.1 Å². The molecule has 0 radical (unpaired) electrons. The summed E-state index contributed by atoms with van der Waals surface area (Å²) in [6.07, 6.45) is 0. The van der Waals surface area contributed by atoms with Gasteiger partial charge in [-0.1, -0.05) is 0 Å². The number of benzene rings is 1. The Kier molecular flexibility index (Phi) is 3.89. The lowest BCUT2D eigenvalue weighted by molar-refractivity contribution is -0.117. The van der Waals surface area contributed by atoms with Crippen LogP contribution in [-0.4, -0.2) is 22.5 Å². The van der Waals surface area contributed by atoms with E-state index >= 15 is 0 Å². The van der Waals surface area contributed by atoms with Crippen molar-refractivity contribution < 1.29 is 13.7 Å². The Balaban J connectivity index is 3.13. The van der Waals surface area contributed by atoms with Gasteiger partial charge in [-0.25, -0.2) is 0 Å². The SMILES string of the molecule is COc1cc(N)ccc1S(=O)C(C)C(N)=O. The average molecular weight is 242 g/mol. The summed E-state index contributed by atoms with van der Waals surface area (Å²) in [4.78, 5) is 11.4. The van der Waals surface area contributed by atoms with Gasteiger partial charge < -0.3 is 16.2 Å². The van der Waals surface area contributed by atoms with Crippen LogP contribution < -0.4 is 16.2 Å². The van der Waals surface area contributed by atoms with E-state index in [9.17, 15) is 9.00 Å². The number of carbonyl (C=O) groups is 1. The summed E-state index contributed by atoms with van der Waals surface area (Å²) < 4.78 is 17.0. The maximum atomic E-state index is 12.0. The fourth-order valence-electron chi connectivity index (χ4n) is 1.15. The molecule has 0 spiro atoms. The number of methoxy groups -OCH3 is 1. The van der Waals surface area contributed by atoms with E-state index < -0.39 is 22.0 Å². The fourth-order valence-corrected chi connectivity index (χ4v) is 2.28. The number of hydrogen-bond donors (Lipinski definition) is 2. The van der Waals surface area contributed by atoms with Gasteiger partial charge in [0.15, 0.2) is 0 Å². The second kappa shape index (κ2) is 4.98. The molecule has 2 atom stereocenters. The largest absolute Gasteiger partial charge is 0.495 e. The minimum absolute atomic E-state index is 0.395. The Morgan fingerprint density at radius 3 is 2.62 bits per heavy atom. The van der Waals surface area contributed by atoms with Crippen LogP contribution in [0.2, 0.25) is 0 Å². The lowest BCUT2D eigenvalue weighted by atomic mass is 10.3. The van der Waals surface area contributed by atoms with E-state index in [1.54, 1.807) is 18.2 Å². The van der Waals surface area contributed by atoms with Gasteiger partial charge in [0.2, 0.25) is 5.91 Å². The van der Waals surface area contributed by atoms with Crippen molar-refractivity contribution >= 4 is 22.4 Å². The molecule has 16 heavy (non-hydrogen) atoms. The lowest BCUT2D eigenvalue weighted by Gasteiger charge is -2.11. The highest BCUT2D eigenvalue weighted by molar-refractivity contribution is 7.86. The molecule has 0 aromatic heterocycles. The van der Waals surface area contributed by atoms with Crippen LogP contribution in [0.5, 0.6) is 5.75 Å². The molecule has 1 amide bonds. The molecule has 0 fully saturated rings. The van der Waals surface area contributed by atoms with Gasteiger partial charge in [-0.15, -0.1) is 0 Å². The molecule has 4 N–H and O–H groups in total. The molecule has 0 heterocycles. The molecule has 2 unspecified atom stereocenters. The van der Waals surface area contributed by atoms with Gasteiger partial charge in [0.05, 0.1) is 22.8 Å². The maximum Gasteiger partial charge on any atom is 0.233 e. The summed E-state index contributed by atoms with van der Waals surface area (Å²) in [5, 5.41) is -0.766. The second-order valence-electron chi connectivity index (χ2n) is 3.25. The van der Waals surface area contributed by atoms with Crippen molar-refractivity contribution in [3.05, 3.63) is 18.2 Å². The second-order valence-corrected chi connectivity index (χ2v) is 4.99. The summed E-state index contributed by atoms with van der Waals surface area (Å²) in [5.74, 6) is -0.219. The van der Waals surface area contributed by atoms with Crippen LogP contribution in [0.4, 0.5) is 5.69 Å². The van der Waals surface area contributed by atoms with Gasteiger partial charge >= 0.3 is 0 Å². The van der Waals surface area contributed by atoms with Crippen LogP contribution in [0.3, 0.4) is 0 Å². The molecule has 1 rings (SSSR count). The topological polar surface area (TPSA) is 95.4 Å². The predicted octanol–water partition coefficient (Wildman–Crippen LogP) is 0.259. The number of nitrogens with two attached hydrogens (primary N) is 2. The number of hydrogen-bond acceptors (Lipinski definition) is 4. The van der Waals surface area contributed by atoms with Crippen molar-refractivity contribution in [2.24, 2.45) is 5.73 Å². The maximum absolute atomic E-state index is 12.0. The number of anilines is 1. The van der Waals surface area contributed by atoms with Crippen LogP contribution >= 0.6 is 0 Å². The molecule has 0 bridgehead atoms. The third-order valence-corrected chi connectivity index (χ3v) is 3.77. The van der Waals surface area contributed by atoms with Gasteiger partial charge in [-0.2, -0.15) is 0 Å². The molecule has 88 valence electrons. The van der Waals surface area contributed by atoms with E-state index in [1.165, 1.54) is 14.0 Å². The molecular weight excluding hydrogens is 228 g/mol. The Morgan fingerprint density at radius 2 is 2.12 bits per heavy atom. The van der Waals surface area contributed by atoms with Crippen molar-refractivity contribution in [1.29, 1.82) is 0 Å². The monoisotopic (exact) mass is 242 g/mol. The molecule has 0 saturated carbocycles. The molecule has 0 aliphatic heterocycles. The third-order valence-electron chi connectivity index (χ3n) is 2.13. The van der Waals surface area contributed by atoms with Crippen molar-refractivity contribution in [2.75, 3.05) is 12.8 Å². The highest BCUT2D eigenvalue weighted by Gasteiger charge is 2.21.